The van der Waals surface area contributed by atoms with Crippen molar-refractivity contribution in [3.8, 4) is 0 Å². The first-order valence-electron chi connectivity index (χ1n) is 25.0. The second-order valence-corrected chi connectivity index (χ2v) is 17.1. The molecule has 1 atom stereocenters. The van der Waals surface area contributed by atoms with Crippen LogP contribution < -0.4 is 0 Å². The number of hydrogen-bond donors (Lipinski definition) is 0. The molecule has 0 aliphatic heterocycles. The maximum Gasteiger partial charge on any atom is 0.306 e. The van der Waals surface area contributed by atoms with Crippen molar-refractivity contribution in [1.29, 1.82) is 0 Å². The van der Waals surface area contributed by atoms with Crippen LogP contribution in [-0.4, -0.2) is 37.2 Å². The molecule has 0 N–H and O–H groups in total. The van der Waals surface area contributed by atoms with Gasteiger partial charge in [0.25, 0.3) is 0 Å². The summed E-state index contributed by atoms with van der Waals surface area (Å²) >= 11 is 0. The third kappa shape index (κ3) is 43.5. The van der Waals surface area contributed by atoms with Gasteiger partial charge in [-0.1, -0.05) is 245 Å². The molecule has 0 saturated heterocycles. The number of hydrogen-bond acceptors (Lipinski definition) is 6. The van der Waals surface area contributed by atoms with Crippen molar-refractivity contribution in [2.75, 3.05) is 13.2 Å². The summed E-state index contributed by atoms with van der Waals surface area (Å²) in [6.07, 6.45) is 48.0. The highest BCUT2D eigenvalue weighted by Gasteiger charge is 2.19. The third-order valence-corrected chi connectivity index (χ3v) is 11.4. The van der Waals surface area contributed by atoms with E-state index >= 15 is 0 Å². The highest BCUT2D eigenvalue weighted by Crippen LogP contribution is 2.16. The predicted molar refractivity (Wildman–Crippen MR) is 238 cm³/mol. The fourth-order valence-electron chi connectivity index (χ4n) is 7.56. The zero-order chi connectivity index (χ0) is 40.8. The van der Waals surface area contributed by atoms with Gasteiger partial charge in [0.05, 0.1) is 0 Å². The molecule has 0 rings (SSSR count). The van der Waals surface area contributed by atoms with Crippen LogP contribution in [0.5, 0.6) is 0 Å². The Bertz CT molecular complexity index is 828. The molecule has 0 aliphatic carbocycles. The molecule has 0 aromatic rings. The van der Waals surface area contributed by atoms with Crippen LogP contribution >= 0.6 is 0 Å². The average Bonchev–Trinajstić information content (AvgIpc) is 3.19. The predicted octanol–water partition coefficient (Wildman–Crippen LogP) is 16.0. The van der Waals surface area contributed by atoms with Gasteiger partial charge >= 0.3 is 17.9 Å². The van der Waals surface area contributed by atoms with Crippen molar-refractivity contribution in [2.24, 2.45) is 0 Å². The van der Waals surface area contributed by atoms with E-state index in [-0.39, 0.29) is 31.1 Å². The van der Waals surface area contributed by atoms with E-state index in [0.717, 1.165) is 57.8 Å². The second kappa shape index (κ2) is 46.1. The Morgan fingerprint density at radius 2 is 0.482 bits per heavy atom. The fraction of sp³-hybridized carbons (Fsp3) is 0.940. The molecule has 1 unspecified atom stereocenters. The van der Waals surface area contributed by atoms with Crippen LogP contribution in [0.4, 0.5) is 0 Å². The molecule has 6 heteroatoms. The zero-order valence-corrected chi connectivity index (χ0v) is 37.9. The monoisotopic (exact) mass is 793 g/mol. The van der Waals surface area contributed by atoms with Crippen LogP contribution in [0.1, 0.15) is 284 Å². The van der Waals surface area contributed by atoms with Gasteiger partial charge in [-0.05, 0) is 19.3 Å². The topological polar surface area (TPSA) is 78.9 Å². The molecule has 0 fully saturated rings. The van der Waals surface area contributed by atoms with E-state index in [9.17, 15) is 14.4 Å². The lowest BCUT2D eigenvalue weighted by Gasteiger charge is -2.18. The Hall–Kier alpha value is -1.59. The first-order chi connectivity index (χ1) is 27.5. The molecular weight excluding hydrogens is 697 g/mol. The Morgan fingerprint density at radius 1 is 0.286 bits per heavy atom. The highest BCUT2D eigenvalue weighted by molar-refractivity contribution is 5.71. The number of ether oxygens (including phenoxy) is 3. The summed E-state index contributed by atoms with van der Waals surface area (Å²) in [6, 6.07) is 0. The Kier molecular flexibility index (Phi) is 44.8. The standard InChI is InChI=1S/C50H96O6/c1-4-7-10-13-16-19-21-23-25-27-28-31-34-37-40-43-49(52)55-46-47(45-54-48(51)42-39-36-33-30-18-15-12-9-6-3)56-50(53)44-41-38-35-32-29-26-24-22-20-17-14-11-8-5-2/h47H,4-46H2,1-3H3. The summed E-state index contributed by atoms with van der Waals surface area (Å²) in [5, 5.41) is 0. The van der Waals surface area contributed by atoms with Crippen LogP contribution in [-0.2, 0) is 28.6 Å². The molecule has 0 heterocycles. The molecule has 0 bridgehead atoms. The maximum absolute atomic E-state index is 12.7. The highest BCUT2D eigenvalue weighted by atomic mass is 16.6. The number of carbonyl (C=O) groups is 3. The Morgan fingerprint density at radius 3 is 0.714 bits per heavy atom. The lowest BCUT2D eigenvalue weighted by atomic mass is 10.0. The molecule has 56 heavy (non-hydrogen) atoms. The van der Waals surface area contributed by atoms with Crippen molar-refractivity contribution in [2.45, 2.75) is 290 Å². The van der Waals surface area contributed by atoms with Gasteiger partial charge in [0.2, 0.25) is 0 Å². The fourth-order valence-corrected chi connectivity index (χ4v) is 7.56. The van der Waals surface area contributed by atoms with E-state index in [1.54, 1.807) is 0 Å². The number of esters is 3. The smallest absolute Gasteiger partial charge is 0.306 e. The molecule has 0 saturated carbocycles. The molecule has 0 aromatic heterocycles. The van der Waals surface area contributed by atoms with E-state index in [4.69, 9.17) is 14.2 Å². The molecule has 0 aromatic carbocycles. The van der Waals surface area contributed by atoms with Crippen LogP contribution in [0, 0.1) is 0 Å². The van der Waals surface area contributed by atoms with E-state index in [2.05, 4.69) is 20.8 Å². The van der Waals surface area contributed by atoms with Gasteiger partial charge < -0.3 is 14.2 Å². The summed E-state index contributed by atoms with van der Waals surface area (Å²) in [6.45, 7) is 6.66. The van der Waals surface area contributed by atoms with Gasteiger partial charge in [-0.15, -0.1) is 0 Å². The van der Waals surface area contributed by atoms with Gasteiger partial charge in [-0.25, -0.2) is 0 Å². The van der Waals surface area contributed by atoms with E-state index in [1.807, 2.05) is 0 Å². The van der Waals surface area contributed by atoms with Crippen molar-refractivity contribution < 1.29 is 28.6 Å². The summed E-state index contributed by atoms with van der Waals surface area (Å²) < 4.78 is 16.8. The first kappa shape index (κ1) is 54.4. The van der Waals surface area contributed by atoms with Gasteiger partial charge in [-0.3, -0.25) is 14.4 Å². The molecule has 0 amide bonds. The first-order valence-corrected chi connectivity index (χ1v) is 25.0. The molecule has 0 radical (unpaired) electrons. The Labute approximate surface area is 348 Å². The van der Waals surface area contributed by atoms with Crippen LogP contribution in [0.15, 0.2) is 0 Å². The average molecular weight is 793 g/mol. The lowest BCUT2D eigenvalue weighted by Crippen LogP contribution is -2.30. The van der Waals surface area contributed by atoms with Crippen LogP contribution in [0.25, 0.3) is 0 Å². The lowest BCUT2D eigenvalue weighted by molar-refractivity contribution is -0.167. The van der Waals surface area contributed by atoms with E-state index < -0.39 is 6.10 Å². The maximum atomic E-state index is 12.7. The van der Waals surface area contributed by atoms with Crippen molar-refractivity contribution in [1.82, 2.24) is 0 Å². The van der Waals surface area contributed by atoms with Gasteiger partial charge in [0.15, 0.2) is 6.10 Å². The van der Waals surface area contributed by atoms with Crippen molar-refractivity contribution in [3.63, 3.8) is 0 Å². The minimum Gasteiger partial charge on any atom is -0.462 e. The number of carbonyl (C=O) groups excluding carboxylic acids is 3. The molecule has 0 aliphatic rings. The number of unbranched alkanes of at least 4 members (excludes halogenated alkanes) is 35. The van der Waals surface area contributed by atoms with E-state index in [1.165, 1.54) is 186 Å². The quantitative estimate of drug-likeness (QED) is 0.0347. The van der Waals surface area contributed by atoms with E-state index in [0.29, 0.717) is 19.3 Å². The van der Waals surface area contributed by atoms with Crippen LogP contribution in [0.3, 0.4) is 0 Å². The SMILES string of the molecule is CCCCCCCCCCCCCCCCCC(=O)OCC(COC(=O)CCCCCCCCCCC)OC(=O)CCCCCCCCCCCCCCCC. The summed E-state index contributed by atoms with van der Waals surface area (Å²) in [5.74, 6) is -0.846. The summed E-state index contributed by atoms with van der Waals surface area (Å²) in [7, 11) is 0. The molecule has 6 nitrogen and oxygen atoms in total. The summed E-state index contributed by atoms with van der Waals surface area (Å²) in [4.78, 5) is 37.8. The second-order valence-electron chi connectivity index (χ2n) is 17.1. The largest absolute Gasteiger partial charge is 0.462 e. The number of rotatable bonds is 46. The summed E-state index contributed by atoms with van der Waals surface area (Å²) in [5.41, 5.74) is 0. The minimum atomic E-state index is -0.758. The van der Waals surface area contributed by atoms with Gasteiger partial charge in [-0.2, -0.15) is 0 Å². The third-order valence-electron chi connectivity index (χ3n) is 11.4. The van der Waals surface area contributed by atoms with Crippen molar-refractivity contribution in [3.05, 3.63) is 0 Å². The minimum absolute atomic E-state index is 0.0621. The molecule has 332 valence electrons. The van der Waals surface area contributed by atoms with Gasteiger partial charge in [0, 0.05) is 19.3 Å². The zero-order valence-electron chi connectivity index (χ0n) is 37.9. The van der Waals surface area contributed by atoms with Crippen molar-refractivity contribution >= 4 is 17.9 Å². The normalized spacial score (nSPS) is 11.8. The van der Waals surface area contributed by atoms with Gasteiger partial charge in [0.1, 0.15) is 13.2 Å². The van der Waals surface area contributed by atoms with Crippen LogP contribution in [0.2, 0.25) is 0 Å². The Balaban J connectivity index is 4.27. The molecular formula is C50H96O6. The molecule has 0 spiro atoms.